The Hall–Kier alpha value is -2.63. The normalized spacial score (nSPS) is 12.0. The molecular weight excluding hydrogens is 248 g/mol. The molecule has 1 atom stereocenters. The molecule has 0 amide bonds. The second kappa shape index (κ2) is 5.34. The highest BCUT2D eigenvalue weighted by molar-refractivity contribution is 5.79. The molecule has 0 saturated carbocycles. The van der Waals surface area contributed by atoms with E-state index in [2.05, 4.69) is 4.98 Å². The SMILES string of the molecule is O=C(O)CC(C(=O)O)n1ccc(-c2ccncc2)c1. The minimum absolute atomic E-state index is 0.459. The zero-order valence-electron chi connectivity index (χ0n) is 9.93. The summed E-state index contributed by atoms with van der Waals surface area (Å²) in [7, 11) is 0. The Kier molecular flexibility index (Phi) is 3.61. The lowest BCUT2D eigenvalue weighted by atomic mass is 10.1. The van der Waals surface area contributed by atoms with Gasteiger partial charge in [0.05, 0.1) is 6.42 Å². The minimum Gasteiger partial charge on any atom is -0.481 e. The van der Waals surface area contributed by atoms with Crippen molar-refractivity contribution in [1.82, 2.24) is 9.55 Å². The van der Waals surface area contributed by atoms with Gasteiger partial charge >= 0.3 is 11.9 Å². The van der Waals surface area contributed by atoms with E-state index in [9.17, 15) is 9.59 Å². The fourth-order valence-electron chi connectivity index (χ4n) is 1.81. The topological polar surface area (TPSA) is 92.4 Å². The number of carboxylic acids is 2. The summed E-state index contributed by atoms with van der Waals surface area (Å²) in [5.41, 5.74) is 1.72. The van der Waals surface area contributed by atoms with E-state index >= 15 is 0 Å². The molecule has 2 heterocycles. The maximum Gasteiger partial charge on any atom is 0.327 e. The van der Waals surface area contributed by atoms with Crippen LogP contribution in [0.5, 0.6) is 0 Å². The number of pyridine rings is 1. The molecule has 2 aromatic rings. The van der Waals surface area contributed by atoms with Gasteiger partial charge in [0.2, 0.25) is 0 Å². The van der Waals surface area contributed by atoms with Gasteiger partial charge in [0.25, 0.3) is 0 Å². The molecule has 0 aliphatic rings. The molecule has 0 aliphatic heterocycles. The third kappa shape index (κ3) is 2.98. The fourth-order valence-corrected chi connectivity index (χ4v) is 1.81. The Morgan fingerprint density at radius 2 is 1.84 bits per heavy atom. The zero-order valence-corrected chi connectivity index (χ0v) is 9.93. The first-order chi connectivity index (χ1) is 9.08. The standard InChI is InChI=1S/C13H12N2O4/c16-12(17)7-11(13(18)19)15-6-3-10(8-15)9-1-4-14-5-2-9/h1-6,8,11H,7H2,(H,16,17)(H,18,19). The second-order valence-corrected chi connectivity index (χ2v) is 4.04. The van der Waals surface area contributed by atoms with Gasteiger partial charge in [-0.1, -0.05) is 0 Å². The maximum atomic E-state index is 11.1. The lowest BCUT2D eigenvalue weighted by Gasteiger charge is -2.11. The lowest BCUT2D eigenvalue weighted by Crippen LogP contribution is -2.21. The summed E-state index contributed by atoms with van der Waals surface area (Å²) in [6.45, 7) is 0. The van der Waals surface area contributed by atoms with Gasteiger partial charge in [-0.05, 0) is 29.3 Å². The Morgan fingerprint density at radius 1 is 1.16 bits per heavy atom. The predicted molar refractivity (Wildman–Crippen MR) is 66.6 cm³/mol. The van der Waals surface area contributed by atoms with Gasteiger partial charge in [-0.15, -0.1) is 0 Å². The summed E-state index contributed by atoms with van der Waals surface area (Å²) in [5.74, 6) is -2.31. The molecule has 6 nitrogen and oxygen atoms in total. The molecule has 0 aromatic carbocycles. The first-order valence-corrected chi connectivity index (χ1v) is 5.60. The van der Waals surface area contributed by atoms with Gasteiger partial charge in [0.1, 0.15) is 6.04 Å². The van der Waals surface area contributed by atoms with Gasteiger partial charge in [0, 0.05) is 24.8 Å². The third-order valence-corrected chi connectivity index (χ3v) is 2.74. The highest BCUT2D eigenvalue weighted by atomic mass is 16.4. The summed E-state index contributed by atoms with van der Waals surface area (Å²) in [5, 5.41) is 17.8. The molecule has 0 fully saturated rings. The van der Waals surface area contributed by atoms with Crippen molar-refractivity contribution in [3.63, 3.8) is 0 Å². The average molecular weight is 260 g/mol. The van der Waals surface area contributed by atoms with E-state index in [1.54, 1.807) is 43.0 Å². The lowest BCUT2D eigenvalue weighted by molar-refractivity contribution is -0.147. The van der Waals surface area contributed by atoms with Crippen LogP contribution in [0.4, 0.5) is 0 Å². The summed E-state index contributed by atoms with van der Waals surface area (Å²) >= 11 is 0. The number of hydrogen-bond donors (Lipinski definition) is 2. The first-order valence-electron chi connectivity index (χ1n) is 5.60. The molecule has 0 bridgehead atoms. The van der Waals surface area contributed by atoms with Crippen LogP contribution in [0.2, 0.25) is 0 Å². The quantitative estimate of drug-likeness (QED) is 0.852. The van der Waals surface area contributed by atoms with Crippen molar-refractivity contribution in [1.29, 1.82) is 0 Å². The van der Waals surface area contributed by atoms with Crippen molar-refractivity contribution in [3.05, 3.63) is 43.0 Å². The molecule has 19 heavy (non-hydrogen) atoms. The van der Waals surface area contributed by atoms with Gasteiger partial charge in [0.15, 0.2) is 0 Å². The third-order valence-electron chi connectivity index (χ3n) is 2.74. The number of hydrogen-bond acceptors (Lipinski definition) is 3. The van der Waals surface area contributed by atoms with Crippen molar-refractivity contribution < 1.29 is 19.8 Å². The molecule has 0 radical (unpaired) electrons. The van der Waals surface area contributed by atoms with E-state index in [0.717, 1.165) is 11.1 Å². The van der Waals surface area contributed by atoms with Crippen LogP contribution in [-0.2, 0) is 9.59 Å². The summed E-state index contributed by atoms with van der Waals surface area (Å²) in [6, 6.07) is 4.24. The van der Waals surface area contributed by atoms with Gasteiger partial charge in [-0.25, -0.2) is 4.79 Å². The highest BCUT2D eigenvalue weighted by Gasteiger charge is 2.22. The number of aliphatic carboxylic acids is 2. The molecule has 2 aromatic heterocycles. The molecule has 6 heteroatoms. The zero-order chi connectivity index (χ0) is 13.8. The monoisotopic (exact) mass is 260 g/mol. The number of aromatic nitrogens is 2. The summed E-state index contributed by atoms with van der Waals surface area (Å²) < 4.78 is 1.40. The Labute approximate surface area is 108 Å². The Bertz CT molecular complexity index is 592. The molecule has 2 N–H and O–H groups in total. The van der Waals surface area contributed by atoms with Crippen LogP contribution in [0.15, 0.2) is 43.0 Å². The van der Waals surface area contributed by atoms with Crippen molar-refractivity contribution in [2.45, 2.75) is 12.5 Å². The van der Waals surface area contributed by atoms with Gasteiger partial charge < -0.3 is 14.8 Å². The predicted octanol–water partition coefficient (Wildman–Crippen LogP) is 1.65. The van der Waals surface area contributed by atoms with E-state index < -0.39 is 24.4 Å². The summed E-state index contributed by atoms with van der Waals surface area (Å²) in [6.07, 6.45) is 6.01. The second-order valence-electron chi connectivity index (χ2n) is 4.04. The van der Waals surface area contributed by atoms with E-state index in [0.29, 0.717) is 0 Å². The van der Waals surface area contributed by atoms with E-state index in [1.807, 2.05) is 0 Å². The first kappa shape index (κ1) is 12.8. The fraction of sp³-hybridized carbons (Fsp3) is 0.154. The molecule has 2 rings (SSSR count). The number of carbonyl (C=O) groups is 2. The largest absolute Gasteiger partial charge is 0.481 e. The van der Waals surface area contributed by atoms with E-state index in [4.69, 9.17) is 10.2 Å². The van der Waals surface area contributed by atoms with Crippen LogP contribution in [0, 0.1) is 0 Å². The minimum atomic E-state index is -1.17. The van der Waals surface area contributed by atoms with Crippen LogP contribution in [0.3, 0.4) is 0 Å². The average Bonchev–Trinajstić information content (AvgIpc) is 2.86. The molecule has 0 saturated heterocycles. The molecular formula is C13H12N2O4. The molecule has 0 aliphatic carbocycles. The number of rotatable bonds is 5. The van der Waals surface area contributed by atoms with Gasteiger partial charge in [-0.3, -0.25) is 9.78 Å². The molecule has 1 unspecified atom stereocenters. The Morgan fingerprint density at radius 3 is 2.42 bits per heavy atom. The van der Waals surface area contributed by atoms with Crippen molar-refractivity contribution in [3.8, 4) is 11.1 Å². The van der Waals surface area contributed by atoms with Crippen LogP contribution < -0.4 is 0 Å². The highest BCUT2D eigenvalue weighted by Crippen LogP contribution is 2.22. The summed E-state index contributed by atoms with van der Waals surface area (Å²) in [4.78, 5) is 25.7. The maximum absolute atomic E-state index is 11.1. The van der Waals surface area contributed by atoms with Crippen LogP contribution >= 0.6 is 0 Å². The van der Waals surface area contributed by atoms with Crippen LogP contribution in [0.1, 0.15) is 12.5 Å². The molecule has 0 spiro atoms. The van der Waals surface area contributed by atoms with Gasteiger partial charge in [-0.2, -0.15) is 0 Å². The van der Waals surface area contributed by atoms with Crippen molar-refractivity contribution >= 4 is 11.9 Å². The van der Waals surface area contributed by atoms with Crippen LogP contribution in [0.25, 0.3) is 11.1 Å². The van der Waals surface area contributed by atoms with Crippen molar-refractivity contribution in [2.75, 3.05) is 0 Å². The van der Waals surface area contributed by atoms with Crippen molar-refractivity contribution in [2.24, 2.45) is 0 Å². The van der Waals surface area contributed by atoms with Crippen LogP contribution in [-0.4, -0.2) is 31.7 Å². The van der Waals surface area contributed by atoms with E-state index in [-0.39, 0.29) is 0 Å². The number of nitrogens with zero attached hydrogens (tertiary/aromatic N) is 2. The Balaban J connectivity index is 2.29. The number of carboxylic acid groups (broad SMARTS) is 2. The van der Waals surface area contributed by atoms with E-state index in [1.165, 1.54) is 4.57 Å². The smallest absolute Gasteiger partial charge is 0.327 e. The molecule has 98 valence electrons.